The van der Waals surface area contributed by atoms with Crippen LogP contribution in [0.5, 0.6) is 5.75 Å². The lowest BCUT2D eigenvalue weighted by atomic mass is 10.0. The van der Waals surface area contributed by atoms with E-state index in [0.29, 0.717) is 23.2 Å². The van der Waals surface area contributed by atoms with E-state index in [1.54, 1.807) is 18.2 Å². The third-order valence-electron chi connectivity index (χ3n) is 3.70. The van der Waals surface area contributed by atoms with Gasteiger partial charge in [-0.05, 0) is 45.0 Å². The van der Waals surface area contributed by atoms with Crippen molar-refractivity contribution >= 4 is 11.6 Å². The molecule has 102 valence electrons. The summed E-state index contributed by atoms with van der Waals surface area (Å²) < 4.78 is 5.72. The third kappa shape index (κ3) is 3.86. The highest BCUT2D eigenvalue weighted by atomic mass is 35.5. The molecule has 0 bridgehead atoms. The van der Waals surface area contributed by atoms with Gasteiger partial charge in [-0.2, -0.15) is 5.26 Å². The van der Waals surface area contributed by atoms with Crippen molar-refractivity contribution in [3.63, 3.8) is 0 Å². The SMILES string of the molecule is CN1CCCCC1CCOc1ccc(C#N)c(Cl)c1. The number of nitriles is 1. The van der Waals surface area contributed by atoms with E-state index in [1.807, 2.05) is 6.07 Å². The Bertz CT molecular complexity index is 470. The minimum absolute atomic E-state index is 0.454. The molecule has 4 heteroatoms. The lowest BCUT2D eigenvalue weighted by molar-refractivity contribution is 0.153. The average molecular weight is 279 g/mol. The minimum atomic E-state index is 0.454. The van der Waals surface area contributed by atoms with E-state index in [4.69, 9.17) is 21.6 Å². The first-order chi connectivity index (χ1) is 9.20. The summed E-state index contributed by atoms with van der Waals surface area (Å²) >= 11 is 5.97. The van der Waals surface area contributed by atoms with Crippen LogP contribution in [0.3, 0.4) is 0 Å². The summed E-state index contributed by atoms with van der Waals surface area (Å²) in [6.45, 7) is 1.88. The average Bonchev–Trinajstić information content (AvgIpc) is 2.41. The van der Waals surface area contributed by atoms with Crippen LogP contribution in [0.2, 0.25) is 5.02 Å². The molecule has 1 aromatic carbocycles. The molecular formula is C15H19ClN2O. The van der Waals surface area contributed by atoms with Gasteiger partial charge >= 0.3 is 0 Å². The number of hydrogen-bond acceptors (Lipinski definition) is 3. The smallest absolute Gasteiger partial charge is 0.120 e. The Labute approximate surface area is 119 Å². The fraction of sp³-hybridized carbons (Fsp3) is 0.533. The van der Waals surface area contributed by atoms with E-state index < -0.39 is 0 Å². The molecule has 3 nitrogen and oxygen atoms in total. The van der Waals surface area contributed by atoms with Crippen LogP contribution < -0.4 is 4.74 Å². The maximum absolute atomic E-state index is 8.80. The van der Waals surface area contributed by atoms with Crippen LogP contribution in [0.25, 0.3) is 0 Å². The summed E-state index contributed by atoms with van der Waals surface area (Å²) in [6.07, 6.45) is 4.92. The highest BCUT2D eigenvalue weighted by molar-refractivity contribution is 6.31. The fourth-order valence-electron chi connectivity index (χ4n) is 2.50. The molecule has 1 unspecified atom stereocenters. The second-order valence-electron chi connectivity index (χ2n) is 5.02. The summed E-state index contributed by atoms with van der Waals surface area (Å²) in [7, 11) is 2.18. The first-order valence-corrected chi connectivity index (χ1v) is 7.11. The molecule has 0 amide bonds. The van der Waals surface area contributed by atoms with Gasteiger partial charge in [0.25, 0.3) is 0 Å². The van der Waals surface area contributed by atoms with Gasteiger partial charge in [0.05, 0.1) is 17.2 Å². The van der Waals surface area contributed by atoms with Gasteiger partial charge in [-0.15, -0.1) is 0 Å². The molecule has 2 rings (SSSR count). The quantitative estimate of drug-likeness (QED) is 0.846. The second-order valence-corrected chi connectivity index (χ2v) is 5.43. The number of benzene rings is 1. The van der Waals surface area contributed by atoms with E-state index in [2.05, 4.69) is 11.9 Å². The molecule has 0 N–H and O–H groups in total. The Hall–Kier alpha value is -1.24. The maximum Gasteiger partial charge on any atom is 0.120 e. The van der Waals surface area contributed by atoms with Crippen LogP contribution in [-0.4, -0.2) is 31.1 Å². The van der Waals surface area contributed by atoms with Gasteiger partial charge in [0.1, 0.15) is 11.8 Å². The van der Waals surface area contributed by atoms with Crippen molar-refractivity contribution in [3.05, 3.63) is 28.8 Å². The standard InChI is InChI=1S/C15H19ClN2O/c1-18-8-3-2-4-13(18)7-9-19-14-6-5-12(11-17)15(16)10-14/h5-6,10,13H,2-4,7-9H2,1H3. The number of piperidine rings is 1. The van der Waals surface area contributed by atoms with Gasteiger partial charge in [0.15, 0.2) is 0 Å². The summed E-state index contributed by atoms with van der Waals surface area (Å²) in [5.41, 5.74) is 0.487. The minimum Gasteiger partial charge on any atom is -0.493 e. The highest BCUT2D eigenvalue weighted by Gasteiger charge is 2.18. The lowest BCUT2D eigenvalue weighted by Gasteiger charge is -2.32. The third-order valence-corrected chi connectivity index (χ3v) is 4.02. The zero-order chi connectivity index (χ0) is 13.7. The topological polar surface area (TPSA) is 36.3 Å². The summed E-state index contributed by atoms with van der Waals surface area (Å²) in [6, 6.07) is 7.88. The molecular weight excluding hydrogens is 260 g/mol. The Balaban J connectivity index is 1.82. The first-order valence-electron chi connectivity index (χ1n) is 6.73. The van der Waals surface area contributed by atoms with Crippen LogP contribution >= 0.6 is 11.6 Å². The van der Waals surface area contributed by atoms with Gasteiger partial charge in [0, 0.05) is 12.1 Å². The zero-order valence-corrected chi connectivity index (χ0v) is 12.0. The zero-order valence-electron chi connectivity index (χ0n) is 11.2. The van der Waals surface area contributed by atoms with Crippen LogP contribution in [0.15, 0.2) is 18.2 Å². The van der Waals surface area contributed by atoms with Crippen molar-refractivity contribution in [2.24, 2.45) is 0 Å². The molecule has 1 aliphatic heterocycles. The number of likely N-dealkylation sites (tertiary alicyclic amines) is 1. The Morgan fingerprint density at radius 1 is 1.47 bits per heavy atom. The van der Waals surface area contributed by atoms with Gasteiger partial charge < -0.3 is 9.64 Å². The van der Waals surface area contributed by atoms with Crippen LogP contribution in [-0.2, 0) is 0 Å². The van der Waals surface area contributed by atoms with Gasteiger partial charge in [0.2, 0.25) is 0 Å². The first kappa shape index (κ1) is 14.2. The molecule has 1 saturated heterocycles. The largest absolute Gasteiger partial charge is 0.493 e. The van der Waals surface area contributed by atoms with Crippen LogP contribution in [0.1, 0.15) is 31.2 Å². The molecule has 1 atom stereocenters. The molecule has 1 heterocycles. The van der Waals surface area contributed by atoms with Gasteiger partial charge in [-0.1, -0.05) is 18.0 Å². The van der Waals surface area contributed by atoms with Gasteiger partial charge in [-0.3, -0.25) is 0 Å². The van der Waals surface area contributed by atoms with E-state index in [-0.39, 0.29) is 0 Å². The van der Waals surface area contributed by atoms with E-state index in [0.717, 1.165) is 12.2 Å². The fourth-order valence-corrected chi connectivity index (χ4v) is 2.71. The van der Waals surface area contributed by atoms with Crippen LogP contribution in [0.4, 0.5) is 0 Å². The molecule has 1 fully saturated rings. The second kappa shape index (κ2) is 6.79. The van der Waals surface area contributed by atoms with Crippen molar-refractivity contribution in [2.45, 2.75) is 31.7 Å². The molecule has 0 aromatic heterocycles. The normalized spacial score (nSPS) is 19.9. The number of ether oxygens (including phenoxy) is 1. The molecule has 0 aliphatic carbocycles. The van der Waals surface area contributed by atoms with Crippen molar-refractivity contribution < 1.29 is 4.74 Å². The van der Waals surface area contributed by atoms with Crippen molar-refractivity contribution in [1.29, 1.82) is 5.26 Å². The summed E-state index contributed by atoms with van der Waals surface area (Å²) in [4.78, 5) is 2.42. The van der Waals surface area contributed by atoms with E-state index in [1.165, 1.54) is 25.8 Å². The Morgan fingerprint density at radius 2 is 2.32 bits per heavy atom. The number of hydrogen-bond donors (Lipinski definition) is 0. The molecule has 0 spiro atoms. The van der Waals surface area contributed by atoms with Gasteiger partial charge in [-0.25, -0.2) is 0 Å². The lowest BCUT2D eigenvalue weighted by Crippen LogP contribution is -2.37. The monoisotopic (exact) mass is 278 g/mol. The summed E-state index contributed by atoms with van der Waals surface area (Å²) in [5.74, 6) is 0.738. The van der Waals surface area contributed by atoms with Crippen molar-refractivity contribution in [3.8, 4) is 11.8 Å². The van der Waals surface area contributed by atoms with E-state index in [9.17, 15) is 0 Å². The molecule has 0 radical (unpaired) electrons. The molecule has 19 heavy (non-hydrogen) atoms. The highest BCUT2D eigenvalue weighted by Crippen LogP contribution is 2.23. The van der Waals surface area contributed by atoms with Crippen molar-refractivity contribution in [1.82, 2.24) is 4.90 Å². The molecule has 1 aliphatic rings. The molecule has 0 saturated carbocycles. The maximum atomic E-state index is 8.80. The van der Waals surface area contributed by atoms with Crippen molar-refractivity contribution in [2.75, 3.05) is 20.2 Å². The number of nitrogens with zero attached hydrogens (tertiary/aromatic N) is 2. The predicted molar refractivity (Wildman–Crippen MR) is 76.5 cm³/mol. The summed E-state index contributed by atoms with van der Waals surface area (Å²) in [5, 5.41) is 9.26. The number of halogens is 1. The molecule has 1 aromatic rings. The predicted octanol–water partition coefficient (Wildman–Crippen LogP) is 3.46. The number of rotatable bonds is 4. The van der Waals surface area contributed by atoms with E-state index >= 15 is 0 Å². The Morgan fingerprint density at radius 3 is 3.00 bits per heavy atom. The Kier molecular flexibility index (Phi) is 5.07. The van der Waals surface area contributed by atoms with Crippen LogP contribution in [0, 0.1) is 11.3 Å².